The smallest absolute Gasteiger partial charge is 0.146 e. The number of hydrogen-bond donors (Lipinski definition) is 0. The van der Waals surface area contributed by atoms with Gasteiger partial charge in [-0.2, -0.15) is 0 Å². The number of furan rings is 1. The van der Waals surface area contributed by atoms with Crippen molar-refractivity contribution < 1.29 is 26.6 Å². The molecule has 0 spiro atoms. The first kappa shape index (κ1) is 29.8. The Bertz CT molecular complexity index is 3760. The molecule has 6 aromatic carbocycles. The normalized spacial score (nSPS) is 15.9. The zero-order chi connectivity index (χ0) is 56.7. The highest BCUT2D eigenvalue weighted by atomic mass is 19.1. The summed E-state index contributed by atoms with van der Waals surface area (Å²) in [6, 6.07) is 43.4. The standard InChI is InChI=1S/C61H52FN3O/c1-61(2,3)50-28-26-49(27-29-50)58-54(62)31-30-52-51-15-10-16-53(59(51)66-60(52)58)57-34-25-43(40-65-57)19-22-46-36-44(20-17-41-23-32-55(63-38-41)47-11-6-4-7-12-47)35-45(37-46)21-18-42-24-33-56(64-39-42)48-13-8-5-9-14-48/h4-16,23-40H,17-22H2,1-3H3/i17D2,18D2,19D2,20D2,21D2,22D2,31D. The minimum absolute atomic E-state index is 0.119. The number of benzene rings is 6. The molecule has 0 saturated carbocycles. The molecule has 0 aliphatic rings. The van der Waals surface area contributed by atoms with Crippen LogP contribution in [-0.4, -0.2) is 15.0 Å². The third-order valence-corrected chi connectivity index (χ3v) is 11.3. The summed E-state index contributed by atoms with van der Waals surface area (Å²) in [6.45, 7) is 6.22. The Hall–Kier alpha value is -7.50. The maximum atomic E-state index is 16.0. The molecule has 5 heteroatoms. The summed E-state index contributed by atoms with van der Waals surface area (Å²) in [5, 5.41) is 1.06. The average molecular weight is 875 g/mol. The molecule has 4 heterocycles. The van der Waals surface area contributed by atoms with Gasteiger partial charge < -0.3 is 4.42 Å². The van der Waals surface area contributed by atoms with E-state index in [1.54, 1.807) is 30.3 Å². The highest BCUT2D eigenvalue weighted by molar-refractivity contribution is 6.12. The van der Waals surface area contributed by atoms with Crippen molar-refractivity contribution in [1.29, 1.82) is 0 Å². The van der Waals surface area contributed by atoms with Crippen molar-refractivity contribution in [3.63, 3.8) is 0 Å². The van der Waals surface area contributed by atoms with E-state index in [0.29, 0.717) is 38.9 Å². The zero-order valence-electron chi connectivity index (χ0n) is 49.4. The monoisotopic (exact) mass is 874 g/mol. The van der Waals surface area contributed by atoms with Gasteiger partial charge in [-0.05, 0) is 125 Å². The van der Waals surface area contributed by atoms with Crippen LogP contribution in [0.25, 0.3) is 66.8 Å². The number of halogens is 1. The predicted octanol–water partition coefficient (Wildman–Crippen LogP) is 15.2. The molecule has 0 aliphatic heterocycles. The summed E-state index contributed by atoms with van der Waals surface area (Å²) in [7, 11) is 0. The summed E-state index contributed by atoms with van der Waals surface area (Å²) in [6.07, 6.45) is -14.7. The maximum Gasteiger partial charge on any atom is 0.146 e. The van der Waals surface area contributed by atoms with Crippen LogP contribution in [0.3, 0.4) is 0 Å². The van der Waals surface area contributed by atoms with E-state index in [2.05, 4.69) is 35.7 Å². The van der Waals surface area contributed by atoms with Crippen molar-refractivity contribution >= 4 is 21.9 Å². The van der Waals surface area contributed by atoms with Crippen LogP contribution in [0.4, 0.5) is 4.39 Å². The molecule has 10 rings (SSSR count). The van der Waals surface area contributed by atoms with Gasteiger partial charge in [-0.1, -0.05) is 154 Å². The molecular weight excluding hydrogens is 810 g/mol. The fraction of sp³-hybridized carbons (Fsp3) is 0.164. The highest BCUT2D eigenvalue weighted by Crippen LogP contribution is 2.41. The molecule has 0 N–H and O–H groups in total. The Kier molecular flexibility index (Phi) is 8.38. The topological polar surface area (TPSA) is 51.8 Å². The third-order valence-electron chi connectivity index (χ3n) is 11.3. The van der Waals surface area contributed by atoms with E-state index in [1.807, 2.05) is 72.8 Å². The second-order valence-electron chi connectivity index (χ2n) is 16.9. The van der Waals surface area contributed by atoms with E-state index in [0.717, 1.165) is 41.1 Å². The lowest BCUT2D eigenvalue weighted by molar-refractivity contribution is 0.590. The molecule has 4 aromatic heterocycles. The molecule has 0 saturated heterocycles. The van der Waals surface area contributed by atoms with Crippen LogP contribution in [0.15, 0.2) is 193 Å². The van der Waals surface area contributed by atoms with Gasteiger partial charge in [-0.15, -0.1) is 0 Å². The lowest BCUT2D eigenvalue weighted by atomic mass is 9.86. The molecule has 0 unspecified atom stereocenters. The average Bonchev–Trinajstić information content (AvgIpc) is 4.10. The number of aryl methyl sites for hydroxylation is 6. The first-order chi connectivity index (χ1) is 37.2. The number of rotatable bonds is 13. The van der Waals surface area contributed by atoms with Gasteiger partial charge in [0.05, 0.1) is 24.0 Å². The molecular formula is C61H52FN3O. The molecule has 324 valence electrons. The van der Waals surface area contributed by atoms with Crippen molar-refractivity contribution in [1.82, 2.24) is 15.0 Å². The van der Waals surface area contributed by atoms with Gasteiger partial charge in [0.25, 0.3) is 0 Å². The second kappa shape index (κ2) is 18.5. The largest absolute Gasteiger partial charge is 0.455 e. The van der Waals surface area contributed by atoms with Crippen molar-refractivity contribution in [2.24, 2.45) is 0 Å². The Labute approximate surface area is 405 Å². The number of fused-ring (bicyclic) bond motifs is 3. The van der Waals surface area contributed by atoms with Crippen molar-refractivity contribution in [2.45, 2.75) is 64.4 Å². The SMILES string of the molecule is [2H]c1cc2c(oc3c(-c4ccc(C([2H])([2H])C([2H])([2H])c5cc(C([2H])([2H])C([2H])([2H])c6ccc(-c7ccccc7)nc6)cc(C([2H])([2H])C([2H])([2H])c6ccc(-c7ccccc7)nc6)c5)cn4)cccc32)c(-c2ccc(C(C)(C)C)cc2)c1F. The number of pyridine rings is 3. The molecule has 4 nitrogen and oxygen atoms in total. The molecule has 66 heavy (non-hydrogen) atoms. The number of para-hydroxylation sites is 1. The first-order valence-corrected chi connectivity index (χ1v) is 21.6. The molecule has 0 amide bonds. The van der Waals surface area contributed by atoms with Crippen LogP contribution in [0.5, 0.6) is 0 Å². The van der Waals surface area contributed by atoms with Crippen LogP contribution in [0, 0.1) is 5.82 Å². The van der Waals surface area contributed by atoms with E-state index < -0.39 is 60.7 Å². The van der Waals surface area contributed by atoms with Gasteiger partial charge in [0.2, 0.25) is 0 Å². The number of aromatic nitrogens is 3. The van der Waals surface area contributed by atoms with E-state index in [1.165, 1.54) is 54.9 Å². The molecule has 0 atom stereocenters. The third kappa shape index (κ3) is 9.34. The second-order valence-corrected chi connectivity index (χ2v) is 16.9. The van der Waals surface area contributed by atoms with E-state index in [9.17, 15) is 16.4 Å². The molecule has 0 bridgehead atoms. The maximum absolute atomic E-state index is 16.0. The fourth-order valence-electron chi connectivity index (χ4n) is 7.77. The Morgan fingerprint density at radius 3 is 1.41 bits per heavy atom. The van der Waals surface area contributed by atoms with E-state index >= 15 is 4.39 Å². The number of hydrogen-bond acceptors (Lipinski definition) is 4. The summed E-state index contributed by atoms with van der Waals surface area (Å²) >= 11 is 0. The summed E-state index contributed by atoms with van der Waals surface area (Å²) in [4.78, 5) is 13.4. The van der Waals surface area contributed by atoms with Crippen LogP contribution >= 0.6 is 0 Å². The fourth-order valence-corrected chi connectivity index (χ4v) is 7.77. The molecule has 10 aromatic rings. The summed E-state index contributed by atoms with van der Waals surface area (Å²) in [5.41, 5.74) is 2.72. The van der Waals surface area contributed by atoms with Crippen LogP contribution in [-0.2, 0) is 43.7 Å². The Morgan fingerprint density at radius 1 is 0.470 bits per heavy atom. The molecule has 0 aliphatic carbocycles. The minimum atomic E-state index is -3.16. The first-order valence-electron chi connectivity index (χ1n) is 28.1. The Balaban J connectivity index is 1.05. The van der Waals surface area contributed by atoms with E-state index in [-0.39, 0.29) is 45.0 Å². The van der Waals surface area contributed by atoms with Gasteiger partial charge in [-0.3, -0.25) is 15.0 Å². The van der Waals surface area contributed by atoms with Gasteiger partial charge >= 0.3 is 0 Å². The minimum Gasteiger partial charge on any atom is -0.455 e. The highest BCUT2D eigenvalue weighted by Gasteiger charge is 2.20. The lowest BCUT2D eigenvalue weighted by Crippen LogP contribution is -2.10. The zero-order valence-corrected chi connectivity index (χ0v) is 36.4. The predicted molar refractivity (Wildman–Crippen MR) is 269 cm³/mol. The van der Waals surface area contributed by atoms with Gasteiger partial charge in [0.1, 0.15) is 17.0 Å². The van der Waals surface area contributed by atoms with Crippen molar-refractivity contribution in [3.8, 4) is 44.9 Å². The van der Waals surface area contributed by atoms with Crippen LogP contribution < -0.4 is 0 Å². The number of nitrogens with zero attached hydrogens (tertiary/aromatic N) is 3. The van der Waals surface area contributed by atoms with Gasteiger partial charge in [0, 0.05) is 62.5 Å². The van der Waals surface area contributed by atoms with Crippen LogP contribution in [0.1, 0.15) is 77.5 Å². The van der Waals surface area contributed by atoms with Gasteiger partial charge in [-0.25, -0.2) is 4.39 Å². The molecule has 0 radical (unpaired) electrons. The van der Waals surface area contributed by atoms with Gasteiger partial charge in [0.15, 0.2) is 0 Å². The lowest BCUT2D eigenvalue weighted by Gasteiger charge is -2.19. The summed E-state index contributed by atoms with van der Waals surface area (Å²) in [5.74, 6) is -0.754. The quantitative estimate of drug-likeness (QED) is 0.116. The van der Waals surface area contributed by atoms with Crippen molar-refractivity contribution in [3.05, 3.63) is 233 Å². The summed E-state index contributed by atoms with van der Waals surface area (Å²) < 4.78 is 144. The Morgan fingerprint density at radius 2 is 0.939 bits per heavy atom. The van der Waals surface area contributed by atoms with Crippen LogP contribution in [0.2, 0.25) is 0 Å². The molecule has 0 fully saturated rings. The van der Waals surface area contributed by atoms with Crippen molar-refractivity contribution in [2.75, 3.05) is 0 Å². The van der Waals surface area contributed by atoms with E-state index in [4.69, 9.17) is 5.79 Å².